The lowest BCUT2D eigenvalue weighted by Gasteiger charge is -2.16. The Labute approximate surface area is 95.3 Å². The molecule has 1 atom stereocenters. The molecule has 1 nitrogen and oxygen atoms in total. The van der Waals surface area contributed by atoms with E-state index in [9.17, 15) is 0 Å². The van der Waals surface area contributed by atoms with Crippen molar-refractivity contribution in [2.24, 2.45) is 0 Å². The van der Waals surface area contributed by atoms with Crippen molar-refractivity contribution in [3.63, 3.8) is 0 Å². The van der Waals surface area contributed by atoms with Crippen LogP contribution in [0, 0.1) is 6.92 Å². The van der Waals surface area contributed by atoms with Gasteiger partial charge in [-0.3, -0.25) is 0 Å². The van der Waals surface area contributed by atoms with Crippen molar-refractivity contribution in [1.82, 2.24) is 5.32 Å². The lowest BCUT2D eigenvalue weighted by atomic mass is 10.1. The van der Waals surface area contributed by atoms with Crippen molar-refractivity contribution in [3.8, 4) is 0 Å². The molecule has 1 N–H and O–H groups in total. The Bertz CT molecular complexity index is 258. The van der Waals surface area contributed by atoms with Crippen molar-refractivity contribution in [2.75, 3.05) is 18.6 Å². The second-order valence-corrected chi connectivity index (χ2v) is 5.29. The standard InChI is InChI=1S/C11H19NS2/c1-4-12-10(6-7-13-3)11-9(2)5-8-14-11/h5,8,10,12H,4,6-7H2,1-3H3. The van der Waals surface area contributed by atoms with E-state index in [2.05, 4.69) is 36.9 Å². The van der Waals surface area contributed by atoms with Crippen LogP contribution in [-0.4, -0.2) is 18.6 Å². The van der Waals surface area contributed by atoms with Crippen LogP contribution < -0.4 is 5.32 Å². The van der Waals surface area contributed by atoms with Crippen molar-refractivity contribution in [2.45, 2.75) is 26.3 Å². The van der Waals surface area contributed by atoms with Gasteiger partial charge in [-0.2, -0.15) is 11.8 Å². The first kappa shape index (κ1) is 12.1. The summed E-state index contributed by atoms with van der Waals surface area (Å²) < 4.78 is 0. The fraction of sp³-hybridized carbons (Fsp3) is 0.636. The van der Waals surface area contributed by atoms with Crippen LogP contribution in [0.3, 0.4) is 0 Å². The van der Waals surface area contributed by atoms with E-state index < -0.39 is 0 Å². The SMILES string of the molecule is CCNC(CCSC)c1sccc1C. The van der Waals surface area contributed by atoms with Crippen molar-refractivity contribution in [3.05, 3.63) is 21.9 Å². The second-order valence-electron chi connectivity index (χ2n) is 3.36. The lowest BCUT2D eigenvalue weighted by molar-refractivity contribution is 0.547. The van der Waals surface area contributed by atoms with Crippen LogP contribution >= 0.6 is 23.1 Å². The summed E-state index contributed by atoms with van der Waals surface area (Å²) in [5.74, 6) is 1.23. The fourth-order valence-corrected chi connectivity index (χ4v) is 3.06. The van der Waals surface area contributed by atoms with Gasteiger partial charge in [0, 0.05) is 10.9 Å². The highest BCUT2D eigenvalue weighted by Crippen LogP contribution is 2.26. The molecule has 0 bridgehead atoms. The Balaban J connectivity index is 2.62. The molecule has 0 aliphatic heterocycles. The van der Waals surface area contributed by atoms with Crippen LogP contribution in [0.4, 0.5) is 0 Å². The van der Waals surface area contributed by atoms with Gasteiger partial charge in [0.2, 0.25) is 0 Å². The Hall–Kier alpha value is 0.0100. The zero-order chi connectivity index (χ0) is 10.4. The molecular weight excluding hydrogens is 210 g/mol. The zero-order valence-electron chi connectivity index (χ0n) is 9.17. The normalized spacial score (nSPS) is 13.1. The molecule has 0 amide bonds. The van der Waals surface area contributed by atoms with E-state index in [4.69, 9.17) is 0 Å². The highest BCUT2D eigenvalue weighted by Gasteiger charge is 2.12. The highest BCUT2D eigenvalue weighted by atomic mass is 32.2. The van der Waals surface area contributed by atoms with Gasteiger partial charge in [-0.05, 0) is 48.9 Å². The topological polar surface area (TPSA) is 12.0 Å². The van der Waals surface area contributed by atoms with Crippen LogP contribution in [0.5, 0.6) is 0 Å². The van der Waals surface area contributed by atoms with Crippen LogP contribution in [0.25, 0.3) is 0 Å². The number of nitrogens with one attached hydrogen (secondary N) is 1. The van der Waals surface area contributed by atoms with E-state index in [0.29, 0.717) is 6.04 Å². The Morgan fingerprint density at radius 3 is 2.86 bits per heavy atom. The summed E-state index contributed by atoms with van der Waals surface area (Å²) in [6.45, 7) is 5.43. The van der Waals surface area contributed by atoms with E-state index in [-0.39, 0.29) is 0 Å². The molecule has 3 heteroatoms. The van der Waals surface area contributed by atoms with E-state index >= 15 is 0 Å². The van der Waals surface area contributed by atoms with Crippen LogP contribution in [0.1, 0.15) is 29.8 Å². The zero-order valence-corrected chi connectivity index (χ0v) is 10.8. The van der Waals surface area contributed by atoms with Crippen LogP contribution in [0.15, 0.2) is 11.4 Å². The third kappa shape index (κ3) is 3.30. The molecule has 0 spiro atoms. The third-order valence-electron chi connectivity index (χ3n) is 2.28. The van der Waals surface area contributed by atoms with E-state index in [1.807, 2.05) is 23.1 Å². The van der Waals surface area contributed by atoms with Gasteiger partial charge in [0.15, 0.2) is 0 Å². The molecule has 0 aliphatic carbocycles. The molecule has 0 aliphatic rings. The predicted molar refractivity (Wildman–Crippen MR) is 68.5 cm³/mol. The van der Waals surface area contributed by atoms with Gasteiger partial charge >= 0.3 is 0 Å². The molecule has 1 heterocycles. The molecule has 80 valence electrons. The van der Waals surface area contributed by atoms with E-state index in [0.717, 1.165) is 6.54 Å². The summed E-state index contributed by atoms with van der Waals surface area (Å²) in [5.41, 5.74) is 1.43. The van der Waals surface area contributed by atoms with E-state index in [1.54, 1.807) is 0 Å². The summed E-state index contributed by atoms with van der Waals surface area (Å²) in [7, 11) is 0. The summed E-state index contributed by atoms with van der Waals surface area (Å²) in [6, 6.07) is 2.77. The molecule has 0 aromatic carbocycles. The monoisotopic (exact) mass is 229 g/mol. The minimum Gasteiger partial charge on any atom is -0.309 e. The molecule has 1 aromatic heterocycles. The number of rotatable bonds is 6. The number of hydrogen-bond acceptors (Lipinski definition) is 3. The molecular formula is C11H19NS2. The summed E-state index contributed by atoms with van der Waals surface area (Å²) in [5, 5.41) is 5.75. The van der Waals surface area contributed by atoms with Crippen molar-refractivity contribution >= 4 is 23.1 Å². The predicted octanol–water partition coefficient (Wildman–Crippen LogP) is 3.46. The number of hydrogen-bond donors (Lipinski definition) is 1. The maximum Gasteiger partial charge on any atom is 0.0425 e. The summed E-state index contributed by atoms with van der Waals surface area (Å²) in [4.78, 5) is 1.51. The summed E-state index contributed by atoms with van der Waals surface area (Å²) >= 11 is 3.80. The van der Waals surface area contributed by atoms with Gasteiger partial charge in [0.05, 0.1) is 0 Å². The third-order valence-corrected chi connectivity index (χ3v) is 4.06. The molecule has 14 heavy (non-hydrogen) atoms. The Kier molecular flexibility index (Phi) is 5.60. The minimum absolute atomic E-state index is 0.562. The van der Waals surface area contributed by atoms with Gasteiger partial charge in [-0.25, -0.2) is 0 Å². The quantitative estimate of drug-likeness (QED) is 0.802. The molecule has 1 unspecified atom stereocenters. The van der Waals surface area contributed by atoms with Crippen LogP contribution in [0.2, 0.25) is 0 Å². The number of aryl methyl sites for hydroxylation is 1. The van der Waals surface area contributed by atoms with Gasteiger partial charge in [-0.15, -0.1) is 11.3 Å². The first-order valence-corrected chi connectivity index (χ1v) is 7.33. The summed E-state index contributed by atoms with van der Waals surface area (Å²) in [6.07, 6.45) is 3.40. The van der Waals surface area contributed by atoms with Gasteiger partial charge in [0.25, 0.3) is 0 Å². The smallest absolute Gasteiger partial charge is 0.0425 e. The average Bonchev–Trinajstić information content (AvgIpc) is 2.59. The first-order chi connectivity index (χ1) is 6.79. The van der Waals surface area contributed by atoms with E-state index in [1.165, 1.54) is 22.6 Å². The molecule has 1 rings (SSSR count). The molecule has 1 aromatic rings. The van der Waals surface area contributed by atoms with Gasteiger partial charge < -0.3 is 5.32 Å². The maximum atomic E-state index is 3.56. The molecule has 0 saturated heterocycles. The largest absolute Gasteiger partial charge is 0.309 e. The fourth-order valence-electron chi connectivity index (χ4n) is 1.55. The highest BCUT2D eigenvalue weighted by molar-refractivity contribution is 7.98. The van der Waals surface area contributed by atoms with Crippen molar-refractivity contribution < 1.29 is 0 Å². The molecule has 0 saturated carbocycles. The lowest BCUT2D eigenvalue weighted by Crippen LogP contribution is -2.21. The second kappa shape index (κ2) is 6.49. The maximum absolute atomic E-state index is 3.56. The first-order valence-electron chi connectivity index (χ1n) is 5.06. The molecule has 0 fully saturated rings. The van der Waals surface area contributed by atoms with Gasteiger partial charge in [-0.1, -0.05) is 6.92 Å². The van der Waals surface area contributed by atoms with Crippen molar-refractivity contribution in [1.29, 1.82) is 0 Å². The number of thiophene rings is 1. The minimum atomic E-state index is 0.562. The average molecular weight is 229 g/mol. The van der Waals surface area contributed by atoms with Gasteiger partial charge in [0.1, 0.15) is 0 Å². The Morgan fingerprint density at radius 2 is 2.36 bits per heavy atom. The van der Waals surface area contributed by atoms with Crippen LogP contribution in [-0.2, 0) is 0 Å². The Morgan fingerprint density at radius 1 is 1.57 bits per heavy atom. The number of thioether (sulfide) groups is 1. The molecule has 0 radical (unpaired) electrons.